The standard InChI is InChI=1S/C5S/c1-2-3-4-5-6. The summed E-state index contributed by atoms with van der Waals surface area (Å²) in [5.41, 5.74) is 0. The van der Waals surface area contributed by atoms with Crippen molar-refractivity contribution in [1.82, 2.24) is 0 Å². The summed E-state index contributed by atoms with van der Waals surface area (Å²) in [6.07, 6.45) is 6.20. The molecule has 0 aromatic rings. The molecule has 0 aliphatic heterocycles. The van der Waals surface area contributed by atoms with Crippen molar-refractivity contribution in [1.29, 1.82) is 0 Å². The second kappa shape index (κ2) is 4.25. The molecule has 0 N–H and O–H groups in total. The summed E-state index contributed by atoms with van der Waals surface area (Å²) in [5, 5.41) is 2.11. The monoisotopic (exact) mass is 92.0 g/mol. The van der Waals surface area contributed by atoms with Crippen LogP contribution in [0.15, 0.2) is 0 Å². The fraction of sp³-hybridized carbons (Fsp3) is 0. The fourth-order valence-corrected chi connectivity index (χ4v) is 0.108. The molecule has 1 heteroatoms. The van der Waals surface area contributed by atoms with E-state index in [9.17, 15) is 0 Å². The summed E-state index contributed by atoms with van der Waals surface area (Å²) in [5.74, 6) is 6.19. The molecule has 0 saturated heterocycles. The fourth-order valence-electron chi connectivity index (χ4n) is 0.0568. The van der Waals surface area contributed by atoms with Gasteiger partial charge in [0, 0.05) is 0 Å². The molecule has 0 saturated carbocycles. The maximum absolute atomic E-state index is 6.20. The maximum atomic E-state index is 6.20. The molecular weight excluding hydrogens is 92.1 g/mol. The second-order valence-electron chi connectivity index (χ2n) is 0.477. The molecule has 0 aliphatic carbocycles. The van der Waals surface area contributed by atoms with Crippen LogP contribution in [0.1, 0.15) is 0 Å². The first kappa shape index (κ1) is 5.25. The third-order valence-corrected chi connectivity index (χ3v) is 0.278. The van der Waals surface area contributed by atoms with Crippen LogP contribution in [0.2, 0.25) is 0 Å². The van der Waals surface area contributed by atoms with Crippen molar-refractivity contribution in [3.8, 4) is 22.9 Å². The molecular formula is C5S. The molecule has 0 unspecified atom stereocenters. The van der Waals surface area contributed by atoms with Gasteiger partial charge in [-0.25, -0.2) is 0 Å². The molecule has 0 nitrogen and oxygen atoms in total. The second-order valence-corrected chi connectivity index (χ2v) is 0.681. The van der Waals surface area contributed by atoms with Gasteiger partial charge in [0.25, 0.3) is 0 Å². The van der Waals surface area contributed by atoms with Gasteiger partial charge in [-0.05, 0) is 0 Å². The number of hydrogen-bond acceptors (Lipinski definition) is 0. The predicted molar refractivity (Wildman–Crippen MR) is 26.2 cm³/mol. The molecule has 0 amide bonds. The van der Waals surface area contributed by atoms with Gasteiger partial charge < -0.3 is 0 Å². The van der Waals surface area contributed by atoms with E-state index >= 15 is 0 Å². The summed E-state index contributed by atoms with van der Waals surface area (Å²) >= 11 is 4.17. The van der Waals surface area contributed by atoms with Crippen LogP contribution in [0.5, 0.6) is 0 Å². The average molecular weight is 92.1 g/mol. The van der Waals surface area contributed by atoms with Crippen molar-refractivity contribution in [2.45, 2.75) is 0 Å². The van der Waals surface area contributed by atoms with E-state index in [1.165, 1.54) is 0 Å². The summed E-state index contributed by atoms with van der Waals surface area (Å²) in [6, 6.07) is 0. The molecule has 0 aromatic carbocycles. The van der Waals surface area contributed by atoms with Crippen LogP contribution in [0.4, 0.5) is 0 Å². The molecule has 0 heterocycles. The Kier molecular flexibility index (Phi) is 3.72. The van der Waals surface area contributed by atoms with Crippen LogP contribution in [0.25, 0.3) is 0 Å². The van der Waals surface area contributed by atoms with E-state index in [-0.39, 0.29) is 0 Å². The minimum atomic E-state index is 1.83. The van der Waals surface area contributed by atoms with Gasteiger partial charge in [-0.3, -0.25) is 0 Å². The summed E-state index contributed by atoms with van der Waals surface area (Å²) in [6.45, 7) is 0. The van der Waals surface area contributed by atoms with Gasteiger partial charge in [0.2, 0.25) is 0 Å². The molecule has 0 aromatic heterocycles. The van der Waals surface area contributed by atoms with E-state index in [1.807, 2.05) is 5.92 Å². The summed E-state index contributed by atoms with van der Waals surface area (Å²) < 4.78 is 0. The quantitative estimate of drug-likeness (QED) is 0.225. The van der Waals surface area contributed by atoms with Crippen LogP contribution >= 0.6 is 0 Å². The van der Waals surface area contributed by atoms with Gasteiger partial charge in [0.05, 0.1) is 0 Å². The zero-order valence-electron chi connectivity index (χ0n) is 2.91. The van der Waals surface area contributed by atoms with Crippen LogP contribution in [0, 0.1) is 29.4 Å². The molecule has 0 fully saturated rings. The topological polar surface area (TPSA) is 0 Å². The summed E-state index contributed by atoms with van der Waals surface area (Å²) in [7, 11) is 0. The first-order valence-corrected chi connectivity index (χ1v) is 1.61. The van der Waals surface area contributed by atoms with Crippen LogP contribution in [0.3, 0.4) is 0 Å². The first-order valence-electron chi connectivity index (χ1n) is 1.20. The number of rotatable bonds is 0. The van der Waals surface area contributed by atoms with Gasteiger partial charge in [0.1, 0.15) is 0 Å². The normalized spacial score (nSPS) is 3.00. The zero-order valence-corrected chi connectivity index (χ0v) is 3.72. The van der Waals surface area contributed by atoms with Crippen molar-refractivity contribution >= 4 is 12.0 Å². The van der Waals surface area contributed by atoms with E-state index in [4.69, 9.17) is 6.42 Å². The molecule has 6 heavy (non-hydrogen) atoms. The van der Waals surface area contributed by atoms with Crippen molar-refractivity contribution < 1.29 is 0 Å². The molecule has 0 atom stereocenters. The van der Waals surface area contributed by atoms with Crippen LogP contribution in [-0.4, -0.2) is 0 Å². The molecule has 26 valence electrons. The molecule has 0 rings (SSSR count). The average Bonchev–Trinajstić information content (AvgIpc) is 1.61. The summed E-state index contributed by atoms with van der Waals surface area (Å²) in [4.78, 5) is 0. The molecule has 0 aliphatic rings. The van der Waals surface area contributed by atoms with Crippen molar-refractivity contribution in [3.05, 3.63) is 6.42 Å². The van der Waals surface area contributed by atoms with Gasteiger partial charge in [-0.15, -0.1) is 0 Å². The zero-order chi connectivity index (χ0) is 4.83. The minimum absolute atomic E-state index is 1.83. The Labute approximate surface area is 42.2 Å². The van der Waals surface area contributed by atoms with Gasteiger partial charge in [-0.1, -0.05) is 0 Å². The van der Waals surface area contributed by atoms with E-state index in [0.29, 0.717) is 0 Å². The molecule has 0 radical (unpaired) electrons. The Hall–Kier alpha value is -0.750. The Morgan fingerprint density at radius 2 is 2.00 bits per heavy atom. The Bertz CT molecular complexity index is 137. The van der Waals surface area contributed by atoms with Crippen LogP contribution in [-0.2, 0) is 12.0 Å². The Morgan fingerprint density at radius 3 is 2.17 bits per heavy atom. The van der Waals surface area contributed by atoms with Gasteiger partial charge in [-0.2, -0.15) is 0 Å². The van der Waals surface area contributed by atoms with E-state index in [2.05, 4.69) is 29.1 Å². The first-order chi connectivity index (χ1) is 2.91. The van der Waals surface area contributed by atoms with Gasteiger partial charge >= 0.3 is 41.4 Å². The third-order valence-electron chi connectivity index (χ3n) is 0.176. The SMILES string of the molecule is [C-]#CC#CC#[S+]. The Morgan fingerprint density at radius 1 is 1.33 bits per heavy atom. The van der Waals surface area contributed by atoms with Crippen molar-refractivity contribution in [3.63, 3.8) is 0 Å². The van der Waals surface area contributed by atoms with E-state index in [1.54, 1.807) is 0 Å². The van der Waals surface area contributed by atoms with E-state index in [0.717, 1.165) is 0 Å². The Balaban J connectivity index is 3.60. The third kappa shape index (κ3) is 3.25. The van der Waals surface area contributed by atoms with Crippen molar-refractivity contribution in [2.75, 3.05) is 0 Å². The molecule has 0 spiro atoms. The van der Waals surface area contributed by atoms with E-state index < -0.39 is 0 Å². The van der Waals surface area contributed by atoms with Crippen molar-refractivity contribution in [2.24, 2.45) is 0 Å². The molecule has 0 bridgehead atoms. The van der Waals surface area contributed by atoms with Gasteiger partial charge in [0.15, 0.2) is 0 Å². The predicted octanol–water partition coefficient (Wildman–Crippen LogP) is 0.0857. The number of hydrogen-bond donors (Lipinski definition) is 0. The van der Waals surface area contributed by atoms with Crippen LogP contribution < -0.4 is 0 Å².